The number of piperidine rings is 1. The highest BCUT2D eigenvalue weighted by molar-refractivity contribution is 5.76. The maximum Gasteiger partial charge on any atom is 0.224 e. The van der Waals surface area contributed by atoms with Crippen molar-refractivity contribution in [1.82, 2.24) is 9.80 Å². The van der Waals surface area contributed by atoms with Gasteiger partial charge in [0.15, 0.2) is 0 Å². The number of likely N-dealkylation sites (tertiary alicyclic amines) is 1. The monoisotopic (exact) mass is 319 g/mol. The first-order valence-corrected chi connectivity index (χ1v) is 7.66. The number of β-amino-alcohol motifs (C(OH)–C–C–N with tert-alkyl or cyclic N) is 1. The predicted molar refractivity (Wildman–Crippen MR) is 83.9 cm³/mol. The van der Waals surface area contributed by atoms with E-state index < -0.39 is 5.60 Å². The minimum absolute atomic E-state index is 0.0667. The maximum absolute atomic E-state index is 13.9. The highest BCUT2D eigenvalue weighted by Crippen LogP contribution is 2.26. The molecule has 23 heavy (non-hydrogen) atoms. The molecule has 2 rings (SSSR count). The molecule has 124 valence electrons. The van der Waals surface area contributed by atoms with E-state index in [0.29, 0.717) is 30.6 Å². The van der Waals surface area contributed by atoms with Crippen LogP contribution in [0.25, 0.3) is 0 Å². The summed E-state index contributed by atoms with van der Waals surface area (Å²) in [6.45, 7) is 1.37. The summed E-state index contributed by atoms with van der Waals surface area (Å²) in [6.07, 6.45) is 1.37. The molecule has 0 aromatic heterocycles. The van der Waals surface area contributed by atoms with Gasteiger partial charge in [0.1, 0.15) is 5.82 Å². The minimum atomic E-state index is -1.08. The Bertz CT molecular complexity index is 627. The topological polar surface area (TPSA) is 67.6 Å². The molecular formula is C17H22FN3O2. The van der Waals surface area contributed by atoms with E-state index in [1.54, 1.807) is 14.1 Å². The second kappa shape index (κ2) is 7.07. The minimum Gasteiger partial charge on any atom is -0.388 e. The molecule has 0 spiro atoms. The van der Waals surface area contributed by atoms with Gasteiger partial charge in [-0.05, 0) is 37.6 Å². The van der Waals surface area contributed by atoms with Gasteiger partial charge in [0.2, 0.25) is 5.91 Å². The number of benzene rings is 1. The van der Waals surface area contributed by atoms with E-state index in [1.807, 2.05) is 11.0 Å². The highest BCUT2D eigenvalue weighted by Gasteiger charge is 2.35. The Hall–Kier alpha value is -1.97. The van der Waals surface area contributed by atoms with Crippen molar-refractivity contribution >= 4 is 5.91 Å². The lowest BCUT2D eigenvalue weighted by Crippen LogP contribution is -2.50. The largest absolute Gasteiger partial charge is 0.388 e. The van der Waals surface area contributed by atoms with E-state index in [2.05, 4.69) is 0 Å². The first-order chi connectivity index (χ1) is 10.8. The summed E-state index contributed by atoms with van der Waals surface area (Å²) in [5.74, 6) is -0.477. The number of carbonyl (C=O) groups is 1. The molecule has 1 aliphatic rings. The van der Waals surface area contributed by atoms with Gasteiger partial charge in [0, 0.05) is 32.7 Å². The Labute approximate surface area is 135 Å². The smallest absolute Gasteiger partial charge is 0.224 e. The van der Waals surface area contributed by atoms with Gasteiger partial charge < -0.3 is 10.0 Å². The van der Waals surface area contributed by atoms with Crippen LogP contribution in [0.4, 0.5) is 4.39 Å². The van der Waals surface area contributed by atoms with Crippen molar-refractivity contribution in [1.29, 1.82) is 5.26 Å². The van der Waals surface area contributed by atoms with Crippen molar-refractivity contribution in [3.63, 3.8) is 0 Å². The summed E-state index contributed by atoms with van der Waals surface area (Å²) in [5, 5.41) is 19.6. The van der Waals surface area contributed by atoms with E-state index in [4.69, 9.17) is 5.26 Å². The van der Waals surface area contributed by atoms with Crippen molar-refractivity contribution < 1.29 is 14.3 Å². The molecule has 1 aromatic carbocycles. The van der Waals surface area contributed by atoms with Gasteiger partial charge in [-0.15, -0.1) is 0 Å². The normalized spacial score (nSPS) is 21.7. The lowest BCUT2D eigenvalue weighted by atomic mass is 9.89. The van der Waals surface area contributed by atoms with Gasteiger partial charge in [0.25, 0.3) is 0 Å². The molecule has 6 heteroatoms. The number of hydrogen-bond acceptors (Lipinski definition) is 4. The molecule has 0 bridgehead atoms. The van der Waals surface area contributed by atoms with Crippen molar-refractivity contribution in [2.24, 2.45) is 0 Å². The molecule has 5 nitrogen and oxygen atoms in total. The van der Waals surface area contributed by atoms with E-state index in [1.165, 1.54) is 23.1 Å². The summed E-state index contributed by atoms with van der Waals surface area (Å²) < 4.78 is 13.9. The van der Waals surface area contributed by atoms with Crippen LogP contribution >= 0.6 is 0 Å². The number of hydrogen-bond donors (Lipinski definition) is 1. The average Bonchev–Trinajstić information content (AvgIpc) is 2.49. The Morgan fingerprint density at radius 3 is 2.91 bits per heavy atom. The van der Waals surface area contributed by atoms with Crippen molar-refractivity contribution in [3.8, 4) is 6.07 Å². The van der Waals surface area contributed by atoms with Gasteiger partial charge in [-0.25, -0.2) is 4.39 Å². The van der Waals surface area contributed by atoms with E-state index in [9.17, 15) is 14.3 Å². The first-order valence-electron chi connectivity index (χ1n) is 7.66. The fourth-order valence-electron chi connectivity index (χ4n) is 2.93. The fraction of sp³-hybridized carbons (Fsp3) is 0.529. The molecule has 1 fully saturated rings. The summed E-state index contributed by atoms with van der Waals surface area (Å²) >= 11 is 0. The van der Waals surface area contributed by atoms with Crippen molar-refractivity contribution in [2.45, 2.75) is 31.4 Å². The van der Waals surface area contributed by atoms with Crippen molar-refractivity contribution in [3.05, 3.63) is 35.1 Å². The zero-order valence-electron chi connectivity index (χ0n) is 13.5. The van der Waals surface area contributed by atoms with Crippen LogP contribution in [-0.2, 0) is 11.3 Å². The zero-order valence-corrected chi connectivity index (χ0v) is 13.5. The third-order valence-corrected chi connectivity index (χ3v) is 4.18. The molecule has 1 aliphatic heterocycles. The number of nitrogens with zero attached hydrogens (tertiary/aromatic N) is 3. The second-order valence-corrected chi connectivity index (χ2v) is 6.42. The van der Waals surface area contributed by atoms with Crippen LogP contribution in [0.2, 0.25) is 0 Å². The van der Waals surface area contributed by atoms with Crippen molar-refractivity contribution in [2.75, 3.05) is 27.2 Å². The number of amides is 1. The molecule has 1 aromatic rings. The molecule has 1 amide bonds. The number of nitriles is 1. The van der Waals surface area contributed by atoms with Crippen LogP contribution in [0.5, 0.6) is 0 Å². The number of halogens is 1. The van der Waals surface area contributed by atoms with Gasteiger partial charge in [-0.2, -0.15) is 5.26 Å². The molecule has 0 saturated carbocycles. The van der Waals surface area contributed by atoms with E-state index >= 15 is 0 Å². The SMILES string of the molecule is CN(C)C(=O)CC1(O)CCCN(Cc2cc(C#N)ccc2F)C1. The lowest BCUT2D eigenvalue weighted by molar-refractivity contribution is -0.136. The molecular weight excluding hydrogens is 297 g/mol. The Morgan fingerprint density at radius 1 is 1.52 bits per heavy atom. The van der Waals surface area contributed by atoms with Crippen LogP contribution in [0.3, 0.4) is 0 Å². The Kier molecular flexibility index (Phi) is 5.34. The fourth-order valence-corrected chi connectivity index (χ4v) is 2.93. The van der Waals surface area contributed by atoms with Crippen LogP contribution in [0.1, 0.15) is 30.4 Å². The van der Waals surface area contributed by atoms with E-state index in [-0.39, 0.29) is 18.1 Å². The Morgan fingerprint density at radius 2 is 2.26 bits per heavy atom. The summed E-state index contributed by atoms with van der Waals surface area (Å²) in [6, 6.07) is 6.27. The van der Waals surface area contributed by atoms with Gasteiger partial charge in [0.05, 0.1) is 23.7 Å². The number of rotatable bonds is 4. The molecule has 1 atom stereocenters. The zero-order chi connectivity index (χ0) is 17.0. The van der Waals surface area contributed by atoms with Crippen LogP contribution in [-0.4, -0.2) is 53.6 Å². The predicted octanol–water partition coefficient (Wildman–Crippen LogP) is 1.50. The standard InChI is InChI=1S/C17H22FN3O2/c1-20(2)16(22)9-17(23)6-3-7-21(12-17)11-14-8-13(10-19)4-5-15(14)18/h4-5,8,23H,3,6-7,9,11-12H2,1-2H3. The third kappa shape index (κ3) is 4.50. The maximum atomic E-state index is 13.9. The number of carbonyl (C=O) groups excluding carboxylic acids is 1. The lowest BCUT2D eigenvalue weighted by Gasteiger charge is -2.39. The molecule has 0 aliphatic carbocycles. The van der Waals surface area contributed by atoms with E-state index in [0.717, 1.165) is 13.0 Å². The van der Waals surface area contributed by atoms with Crippen LogP contribution < -0.4 is 0 Å². The first kappa shape index (κ1) is 17.4. The second-order valence-electron chi connectivity index (χ2n) is 6.42. The molecule has 1 N–H and O–H groups in total. The molecule has 1 heterocycles. The summed E-state index contributed by atoms with van der Waals surface area (Å²) in [4.78, 5) is 15.3. The van der Waals surface area contributed by atoms with Gasteiger partial charge in [-0.3, -0.25) is 9.69 Å². The third-order valence-electron chi connectivity index (χ3n) is 4.18. The molecule has 1 saturated heterocycles. The van der Waals surface area contributed by atoms with Crippen LogP contribution in [0.15, 0.2) is 18.2 Å². The average molecular weight is 319 g/mol. The quantitative estimate of drug-likeness (QED) is 0.913. The highest BCUT2D eigenvalue weighted by atomic mass is 19.1. The molecule has 1 unspecified atom stereocenters. The van der Waals surface area contributed by atoms with Gasteiger partial charge >= 0.3 is 0 Å². The number of aliphatic hydroxyl groups is 1. The molecule has 0 radical (unpaired) electrons. The Balaban J connectivity index is 2.07. The summed E-state index contributed by atoms with van der Waals surface area (Å²) in [7, 11) is 3.32. The van der Waals surface area contributed by atoms with Crippen LogP contribution in [0, 0.1) is 17.1 Å². The summed E-state index contributed by atoms with van der Waals surface area (Å²) in [5.41, 5.74) is -0.230. The van der Waals surface area contributed by atoms with Gasteiger partial charge in [-0.1, -0.05) is 0 Å².